The lowest BCUT2D eigenvalue weighted by Crippen LogP contribution is -2.45. The van der Waals surface area contributed by atoms with Crippen molar-refractivity contribution < 1.29 is 17.9 Å². The molecule has 0 radical (unpaired) electrons. The van der Waals surface area contributed by atoms with Crippen LogP contribution in [0.3, 0.4) is 0 Å². The number of morpholine rings is 1. The van der Waals surface area contributed by atoms with Gasteiger partial charge in [-0.25, -0.2) is 8.42 Å². The Morgan fingerprint density at radius 3 is 2.37 bits per heavy atom. The molecular weight excluding hydrogens is 449 g/mol. The van der Waals surface area contributed by atoms with Crippen molar-refractivity contribution in [1.29, 1.82) is 0 Å². The number of halogens is 2. The van der Waals surface area contributed by atoms with Crippen LogP contribution in [0.1, 0.15) is 6.92 Å². The fraction of sp³-hybridized carbons (Fsp3) is 0.350. The van der Waals surface area contributed by atoms with Crippen LogP contribution >= 0.6 is 23.2 Å². The molecule has 2 aromatic rings. The SMILES string of the molecule is C[C@H](C(=O)Nc1ccc(N2CCOCC2)cc1)N(c1cc(Cl)ccc1Cl)S(C)(=O)=O. The first-order valence-electron chi connectivity index (χ1n) is 9.35. The molecule has 30 heavy (non-hydrogen) atoms. The molecule has 1 saturated heterocycles. The topological polar surface area (TPSA) is 79.0 Å². The number of nitrogens with one attached hydrogen (secondary N) is 1. The minimum Gasteiger partial charge on any atom is -0.378 e. The predicted molar refractivity (Wildman–Crippen MR) is 121 cm³/mol. The zero-order valence-electron chi connectivity index (χ0n) is 16.6. The number of amides is 1. The molecule has 7 nitrogen and oxygen atoms in total. The van der Waals surface area contributed by atoms with E-state index in [9.17, 15) is 13.2 Å². The molecular formula is C20H23Cl2N3O4S. The van der Waals surface area contributed by atoms with E-state index in [0.717, 1.165) is 29.3 Å². The summed E-state index contributed by atoms with van der Waals surface area (Å²) in [5.41, 5.74) is 1.75. The molecule has 0 aliphatic carbocycles. The van der Waals surface area contributed by atoms with Gasteiger partial charge in [0, 0.05) is 29.5 Å². The summed E-state index contributed by atoms with van der Waals surface area (Å²) < 4.78 is 31.2. The molecule has 1 aliphatic heterocycles. The van der Waals surface area contributed by atoms with Crippen molar-refractivity contribution in [3.63, 3.8) is 0 Å². The van der Waals surface area contributed by atoms with Gasteiger partial charge in [0.1, 0.15) is 6.04 Å². The molecule has 10 heteroatoms. The number of hydrogen-bond donors (Lipinski definition) is 1. The third kappa shape index (κ3) is 5.37. The molecule has 3 rings (SSSR count). The van der Waals surface area contributed by atoms with Crippen molar-refractivity contribution in [3.8, 4) is 0 Å². The molecule has 1 fully saturated rings. The van der Waals surface area contributed by atoms with E-state index in [0.29, 0.717) is 23.9 Å². The summed E-state index contributed by atoms with van der Waals surface area (Å²) >= 11 is 12.2. The van der Waals surface area contributed by atoms with Crippen molar-refractivity contribution in [2.75, 3.05) is 47.1 Å². The Labute approximate surface area is 186 Å². The van der Waals surface area contributed by atoms with Crippen LogP contribution in [0.2, 0.25) is 10.0 Å². The standard InChI is InChI=1S/C20H23Cl2N3O4S/c1-14(25(30(2,27)28)19-13-15(21)3-8-18(19)22)20(26)23-16-4-6-17(7-5-16)24-9-11-29-12-10-24/h3-8,13-14H,9-12H2,1-2H3,(H,23,26)/t14-/m1/s1. The van der Waals surface area contributed by atoms with E-state index < -0.39 is 22.0 Å². The molecule has 1 amide bonds. The van der Waals surface area contributed by atoms with Crippen LogP contribution in [0.4, 0.5) is 17.1 Å². The second kappa shape index (κ2) is 9.43. The lowest BCUT2D eigenvalue weighted by molar-refractivity contribution is -0.116. The highest BCUT2D eigenvalue weighted by Gasteiger charge is 2.31. The first-order valence-corrected chi connectivity index (χ1v) is 12.0. The average Bonchev–Trinajstić information content (AvgIpc) is 2.71. The van der Waals surface area contributed by atoms with Crippen LogP contribution in [0, 0.1) is 0 Å². The smallest absolute Gasteiger partial charge is 0.247 e. The van der Waals surface area contributed by atoms with Crippen molar-refractivity contribution in [1.82, 2.24) is 0 Å². The second-order valence-corrected chi connectivity index (χ2v) is 9.67. The number of hydrogen-bond acceptors (Lipinski definition) is 5. The van der Waals surface area contributed by atoms with E-state index in [1.807, 2.05) is 12.1 Å². The Morgan fingerprint density at radius 2 is 1.77 bits per heavy atom. The Balaban J connectivity index is 1.78. The summed E-state index contributed by atoms with van der Waals surface area (Å²) in [5.74, 6) is -0.490. The number of ether oxygens (including phenoxy) is 1. The van der Waals surface area contributed by atoms with E-state index in [4.69, 9.17) is 27.9 Å². The highest BCUT2D eigenvalue weighted by molar-refractivity contribution is 7.92. The summed E-state index contributed by atoms with van der Waals surface area (Å²) in [6.45, 7) is 4.49. The molecule has 0 saturated carbocycles. The number of rotatable bonds is 6. The predicted octanol–water partition coefficient (Wildman–Crippen LogP) is 3.62. The molecule has 162 valence electrons. The van der Waals surface area contributed by atoms with E-state index in [1.54, 1.807) is 18.2 Å². The van der Waals surface area contributed by atoms with Crippen molar-refractivity contribution >= 4 is 56.2 Å². The number of sulfonamides is 1. The quantitative estimate of drug-likeness (QED) is 0.695. The Kier molecular flexibility index (Phi) is 7.13. The summed E-state index contributed by atoms with van der Waals surface area (Å²) in [6.07, 6.45) is 1.02. The molecule has 1 atom stereocenters. The fourth-order valence-corrected chi connectivity index (χ4v) is 4.86. The third-order valence-corrected chi connectivity index (χ3v) is 6.53. The van der Waals surface area contributed by atoms with E-state index >= 15 is 0 Å². The van der Waals surface area contributed by atoms with Crippen molar-refractivity contribution in [2.24, 2.45) is 0 Å². The summed E-state index contributed by atoms with van der Waals surface area (Å²) in [5, 5.41) is 3.26. The molecule has 1 heterocycles. The van der Waals surface area contributed by atoms with Gasteiger partial charge in [0.15, 0.2) is 0 Å². The minimum atomic E-state index is -3.80. The average molecular weight is 472 g/mol. The molecule has 0 unspecified atom stereocenters. The molecule has 1 N–H and O–H groups in total. The van der Waals surface area contributed by atoms with Crippen molar-refractivity contribution in [2.45, 2.75) is 13.0 Å². The van der Waals surface area contributed by atoms with Crippen LogP contribution in [-0.2, 0) is 19.6 Å². The second-order valence-electron chi connectivity index (χ2n) is 6.97. The highest BCUT2D eigenvalue weighted by atomic mass is 35.5. The highest BCUT2D eigenvalue weighted by Crippen LogP contribution is 2.32. The van der Waals surface area contributed by atoms with Gasteiger partial charge in [-0.2, -0.15) is 0 Å². The summed E-state index contributed by atoms with van der Waals surface area (Å²) in [7, 11) is -3.80. The fourth-order valence-electron chi connectivity index (χ4n) is 3.26. The van der Waals surface area contributed by atoms with Crippen LogP contribution in [0.25, 0.3) is 0 Å². The van der Waals surface area contributed by atoms with Crippen molar-refractivity contribution in [3.05, 3.63) is 52.5 Å². The van der Waals surface area contributed by atoms with Gasteiger partial charge in [-0.15, -0.1) is 0 Å². The van der Waals surface area contributed by atoms with E-state index in [1.165, 1.54) is 19.1 Å². The lowest BCUT2D eigenvalue weighted by atomic mass is 10.2. The van der Waals surface area contributed by atoms with Gasteiger partial charge in [0.25, 0.3) is 0 Å². The van der Waals surface area contributed by atoms with Crippen LogP contribution in [0.5, 0.6) is 0 Å². The van der Waals surface area contributed by atoms with Gasteiger partial charge in [-0.1, -0.05) is 23.2 Å². The maximum atomic E-state index is 12.8. The number of nitrogens with zero attached hydrogens (tertiary/aromatic N) is 2. The molecule has 0 bridgehead atoms. The van der Waals surface area contributed by atoms with Gasteiger partial charge < -0.3 is 15.0 Å². The normalized spacial score (nSPS) is 15.5. The lowest BCUT2D eigenvalue weighted by Gasteiger charge is -2.30. The van der Waals surface area contributed by atoms with E-state index in [2.05, 4.69) is 10.2 Å². The number of anilines is 3. The zero-order valence-corrected chi connectivity index (χ0v) is 19.0. The Morgan fingerprint density at radius 1 is 1.13 bits per heavy atom. The zero-order chi connectivity index (χ0) is 21.9. The van der Waals surface area contributed by atoms with Gasteiger partial charge in [0.05, 0.1) is 30.2 Å². The van der Waals surface area contributed by atoms with Gasteiger partial charge in [-0.3, -0.25) is 9.10 Å². The maximum absolute atomic E-state index is 12.8. The number of carbonyl (C=O) groups is 1. The molecule has 0 spiro atoms. The van der Waals surface area contributed by atoms with Crippen LogP contribution in [-0.4, -0.2) is 52.9 Å². The first kappa shape index (κ1) is 22.7. The molecule has 2 aromatic carbocycles. The Hall–Kier alpha value is -2.00. The number of benzene rings is 2. The summed E-state index contributed by atoms with van der Waals surface area (Å²) in [6, 6.07) is 10.8. The Bertz CT molecular complexity index is 1010. The van der Waals surface area contributed by atoms with Gasteiger partial charge in [0.2, 0.25) is 15.9 Å². The monoisotopic (exact) mass is 471 g/mol. The van der Waals surface area contributed by atoms with E-state index in [-0.39, 0.29) is 10.7 Å². The third-order valence-electron chi connectivity index (χ3n) is 4.75. The first-order chi connectivity index (χ1) is 14.2. The van der Waals surface area contributed by atoms with Crippen LogP contribution < -0.4 is 14.5 Å². The van der Waals surface area contributed by atoms with Crippen LogP contribution in [0.15, 0.2) is 42.5 Å². The van der Waals surface area contributed by atoms with Gasteiger partial charge >= 0.3 is 0 Å². The molecule has 1 aliphatic rings. The maximum Gasteiger partial charge on any atom is 0.247 e. The minimum absolute atomic E-state index is 0.150. The van der Waals surface area contributed by atoms with Gasteiger partial charge in [-0.05, 0) is 49.4 Å². The summed E-state index contributed by atoms with van der Waals surface area (Å²) in [4.78, 5) is 15.0. The largest absolute Gasteiger partial charge is 0.378 e. The molecule has 0 aromatic heterocycles. The number of carbonyl (C=O) groups excluding carboxylic acids is 1.